The van der Waals surface area contributed by atoms with Gasteiger partial charge in [0.05, 0.1) is 0 Å². The molecule has 0 N–H and O–H groups in total. The van der Waals surface area contributed by atoms with E-state index in [4.69, 9.17) is 9.26 Å². The highest BCUT2D eigenvalue weighted by molar-refractivity contribution is 7.40. The largest absolute Gasteiger partial charge is 0.601 e. The maximum atomic E-state index is 12.1. The van der Waals surface area contributed by atoms with Gasteiger partial charge in [0.15, 0.2) is 5.75 Å². The van der Waals surface area contributed by atoms with Gasteiger partial charge in [-0.15, -0.1) is 0 Å². The van der Waals surface area contributed by atoms with Crippen molar-refractivity contribution in [2.75, 3.05) is 0 Å². The van der Waals surface area contributed by atoms with Gasteiger partial charge >= 0.3 is 13.9 Å². The summed E-state index contributed by atoms with van der Waals surface area (Å²) < 4.78 is 23.2. The summed E-state index contributed by atoms with van der Waals surface area (Å²) in [6.07, 6.45) is 0. The Kier molecular flexibility index (Phi) is 5.35. The molecule has 21 heavy (non-hydrogen) atoms. The molecule has 0 spiro atoms. The Morgan fingerprint density at radius 3 is 2.05 bits per heavy atom. The Balaban J connectivity index is 1.94. The van der Waals surface area contributed by atoms with Gasteiger partial charge in [0.25, 0.3) is 0 Å². The highest BCUT2D eigenvalue weighted by Crippen LogP contribution is 2.33. The molecule has 0 amide bonds. The van der Waals surface area contributed by atoms with Crippen molar-refractivity contribution in [1.82, 2.24) is 0 Å². The molecule has 2 unspecified atom stereocenters. The molecule has 2 aromatic rings. The van der Waals surface area contributed by atoms with Crippen LogP contribution in [-0.4, -0.2) is 5.85 Å². The number of benzene rings is 2. The van der Waals surface area contributed by atoms with Crippen LogP contribution in [0, 0.1) is 0 Å². The van der Waals surface area contributed by atoms with Crippen LogP contribution in [0.1, 0.15) is 32.3 Å². The van der Waals surface area contributed by atoms with Gasteiger partial charge in [0.1, 0.15) is 5.75 Å². The fourth-order valence-electron chi connectivity index (χ4n) is 1.83. The molecule has 3 nitrogen and oxygen atoms in total. The lowest BCUT2D eigenvalue weighted by Gasteiger charge is -2.06. The van der Waals surface area contributed by atoms with Gasteiger partial charge < -0.3 is 4.74 Å². The lowest BCUT2D eigenvalue weighted by molar-refractivity contribution is 0.281. The smallest absolute Gasteiger partial charge is 0.444 e. The summed E-state index contributed by atoms with van der Waals surface area (Å²) in [7, 11) is -1.94. The van der Waals surface area contributed by atoms with Crippen LogP contribution in [0.3, 0.4) is 0 Å². The summed E-state index contributed by atoms with van der Waals surface area (Å²) in [6, 6.07) is 17.0. The van der Waals surface area contributed by atoms with Crippen molar-refractivity contribution >= 4 is 8.03 Å². The number of para-hydroxylation sites is 1. The van der Waals surface area contributed by atoms with E-state index in [9.17, 15) is 4.57 Å². The van der Waals surface area contributed by atoms with E-state index in [-0.39, 0.29) is 0 Å². The maximum Gasteiger partial charge on any atom is 0.601 e. The van der Waals surface area contributed by atoms with Crippen LogP contribution < -0.4 is 9.26 Å². The lowest BCUT2D eigenvalue weighted by Crippen LogP contribution is -2.08. The third-order valence-corrected chi connectivity index (χ3v) is 4.18. The quantitative estimate of drug-likeness (QED) is 0.674. The Bertz CT molecular complexity index is 579. The van der Waals surface area contributed by atoms with Crippen LogP contribution in [0.2, 0.25) is 0 Å². The Morgan fingerprint density at radius 2 is 1.48 bits per heavy atom. The van der Waals surface area contributed by atoms with E-state index >= 15 is 0 Å². The first kappa shape index (κ1) is 15.5. The molecule has 2 atom stereocenters. The molecule has 0 radical (unpaired) electrons. The molecule has 0 aliphatic rings. The molecule has 2 aromatic carbocycles. The van der Waals surface area contributed by atoms with E-state index in [1.807, 2.05) is 54.6 Å². The predicted molar refractivity (Wildman–Crippen MR) is 85.3 cm³/mol. The fourth-order valence-corrected chi connectivity index (χ4v) is 2.52. The molecule has 0 aliphatic heterocycles. The standard InChI is InChI=1S/C17H20O3P/c1-13(2)15-9-11-17(12-10-15)20-21(18)14(3)19-16-7-5-4-6-8-16/h4-14H,1-3H3/q+1. The van der Waals surface area contributed by atoms with Crippen LogP contribution in [0.5, 0.6) is 11.5 Å². The molecule has 0 aromatic heterocycles. The molecular weight excluding hydrogens is 283 g/mol. The summed E-state index contributed by atoms with van der Waals surface area (Å²) in [5, 5.41) is 0. The summed E-state index contributed by atoms with van der Waals surface area (Å²) in [4.78, 5) is 0. The Hall–Kier alpha value is -1.86. The van der Waals surface area contributed by atoms with Crippen molar-refractivity contribution in [1.29, 1.82) is 0 Å². The zero-order chi connectivity index (χ0) is 15.2. The van der Waals surface area contributed by atoms with Gasteiger partial charge in [-0.25, -0.2) is 0 Å². The molecular formula is C17H20O3P+. The first-order chi connectivity index (χ1) is 10.1. The molecule has 0 saturated carbocycles. The third kappa shape index (κ3) is 4.57. The molecule has 4 heteroatoms. The molecule has 0 bridgehead atoms. The second-order valence-corrected chi connectivity index (χ2v) is 6.61. The topological polar surface area (TPSA) is 35.5 Å². The first-order valence-electron chi connectivity index (χ1n) is 7.02. The van der Waals surface area contributed by atoms with Crippen LogP contribution >= 0.6 is 8.03 Å². The minimum absolute atomic E-state index is 0.466. The van der Waals surface area contributed by atoms with E-state index in [1.165, 1.54) is 5.56 Å². The Labute approximate surface area is 126 Å². The van der Waals surface area contributed by atoms with Gasteiger partial charge in [-0.05, 0) is 40.3 Å². The van der Waals surface area contributed by atoms with Gasteiger partial charge in [0.2, 0.25) is 0 Å². The zero-order valence-corrected chi connectivity index (χ0v) is 13.4. The SMILES string of the molecule is CC(C)c1ccc(O[P+](=O)C(C)Oc2ccccc2)cc1. The van der Waals surface area contributed by atoms with E-state index in [1.54, 1.807) is 6.92 Å². The van der Waals surface area contributed by atoms with Gasteiger partial charge in [-0.1, -0.05) is 44.2 Å². The first-order valence-corrected chi connectivity index (χ1v) is 8.27. The van der Waals surface area contributed by atoms with E-state index in [0.717, 1.165) is 0 Å². The molecule has 2 rings (SSSR count). The molecule has 0 aliphatic carbocycles. The van der Waals surface area contributed by atoms with Crippen molar-refractivity contribution in [3.8, 4) is 11.5 Å². The third-order valence-electron chi connectivity index (χ3n) is 3.09. The van der Waals surface area contributed by atoms with Crippen molar-refractivity contribution in [2.45, 2.75) is 32.5 Å². The number of rotatable bonds is 6. The average Bonchev–Trinajstić information content (AvgIpc) is 2.48. The number of hydrogen-bond acceptors (Lipinski definition) is 3. The Morgan fingerprint density at radius 1 is 0.857 bits per heavy atom. The minimum Gasteiger partial charge on any atom is -0.444 e. The molecule has 0 heterocycles. The molecule has 0 saturated heterocycles. The van der Waals surface area contributed by atoms with Crippen LogP contribution in [0.25, 0.3) is 0 Å². The monoisotopic (exact) mass is 303 g/mol. The summed E-state index contributed by atoms with van der Waals surface area (Å²) in [5.41, 5.74) is 1.23. The van der Waals surface area contributed by atoms with E-state index in [0.29, 0.717) is 17.4 Å². The molecule has 0 fully saturated rings. The highest BCUT2D eigenvalue weighted by atomic mass is 31.1. The summed E-state index contributed by atoms with van der Waals surface area (Å²) in [6.45, 7) is 6.01. The van der Waals surface area contributed by atoms with Gasteiger partial charge in [0, 0.05) is 6.92 Å². The summed E-state index contributed by atoms with van der Waals surface area (Å²) >= 11 is 0. The normalized spacial score (nSPS) is 12.9. The second-order valence-electron chi connectivity index (χ2n) is 5.13. The van der Waals surface area contributed by atoms with Crippen LogP contribution in [0.15, 0.2) is 54.6 Å². The number of hydrogen-bond donors (Lipinski definition) is 0. The zero-order valence-electron chi connectivity index (χ0n) is 12.5. The van der Waals surface area contributed by atoms with Crippen molar-refractivity contribution in [3.63, 3.8) is 0 Å². The van der Waals surface area contributed by atoms with E-state index in [2.05, 4.69) is 13.8 Å². The fraction of sp³-hybridized carbons (Fsp3) is 0.294. The second kappa shape index (κ2) is 7.24. The average molecular weight is 303 g/mol. The van der Waals surface area contributed by atoms with Crippen molar-refractivity contribution in [2.24, 2.45) is 0 Å². The van der Waals surface area contributed by atoms with Crippen molar-refractivity contribution in [3.05, 3.63) is 60.2 Å². The van der Waals surface area contributed by atoms with Gasteiger partial charge in [-0.2, -0.15) is 0 Å². The lowest BCUT2D eigenvalue weighted by atomic mass is 10.0. The van der Waals surface area contributed by atoms with Crippen molar-refractivity contribution < 1.29 is 13.8 Å². The van der Waals surface area contributed by atoms with Crippen LogP contribution in [0.4, 0.5) is 0 Å². The minimum atomic E-state index is -1.94. The predicted octanol–water partition coefficient (Wildman–Crippen LogP) is 5.36. The highest BCUT2D eigenvalue weighted by Gasteiger charge is 2.31. The maximum absolute atomic E-state index is 12.1. The van der Waals surface area contributed by atoms with Crippen LogP contribution in [-0.2, 0) is 4.57 Å². The van der Waals surface area contributed by atoms with Gasteiger partial charge in [-0.3, -0.25) is 4.52 Å². The number of ether oxygens (including phenoxy) is 1. The van der Waals surface area contributed by atoms with E-state index < -0.39 is 13.9 Å². The summed E-state index contributed by atoms with van der Waals surface area (Å²) in [5.74, 6) is 1.25. The molecule has 110 valence electrons.